The van der Waals surface area contributed by atoms with Crippen LogP contribution in [-0.2, 0) is 6.42 Å². The molecular formula is C21H27ClN4OS. The maximum absolute atomic E-state index is 5.52. The maximum Gasteiger partial charge on any atom is 0.179 e. The van der Waals surface area contributed by atoms with Gasteiger partial charge in [-0.1, -0.05) is 18.2 Å². The highest BCUT2D eigenvalue weighted by molar-refractivity contribution is 7.17. The van der Waals surface area contributed by atoms with Crippen LogP contribution in [0.1, 0.15) is 25.3 Å². The first-order valence-corrected chi connectivity index (χ1v) is 10.4. The lowest BCUT2D eigenvalue weighted by Gasteiger charge is -2.46. The first-order valence-electron chi connectivity index (χ1n) is 9.49. The number of aromatic nitrogens is 2. The molecule has 0 saturated carbocycles. The highest BCUT2D eigenvalue weighted by Gasteiger charge is 2.36. The normalized spacial score (nSPS) is 19.4. The zero-order valence-electron chi connectivity index (χ0n) is 16.4. The number of methoxy groups -OCH3 is 1. The summed E-state index contributed by atoms with van der Waals surface area (Å²) < 4.78 is 6.90. The van der Waals surface area contributed by atoms with E-state index in [0.29, 0.717) is 0 Å². The molecule has 7 heteroatoms. The summed E-state index contributed by atoms with van der Waals surface area (Å²) >= 11 is 1.85. The molecular weight excluding hydrogens is 392 g/mol. The van der Waals surface area contributed by atoms with E-state index in [2.05, 4.69) is 56.8 Å². The summed E-state index contributed by atoms with van der Waals surface area (Å²) in [6.45, 7) is 5.15. The van der Waals surface area contributed by atoms with Crippen molar-refractivity contribution < 1.29 is 4.74 Å². The summed E-state index contributed by atoms with van der Waals surface area (Å²) in [6.07, 6.45) is 6.70. The average molecular weight is 419 g/mol. The van der Waals surface area contributed by atoms with Crippen LogP contribution in [0, 0.1) is 0 Å². The quantitative estimate of drug-likeness (QED) is 0.646. The number of hydrogen-bond donors (Lipinski definition) is 1. The van der Waals surface area contributed by atoms with E-state index in [1.165, 1.54) is 15.6 Å². The van der Waals surface area contributed by atoms with Crippen molar-refractivity contribution in [1.82, 2.24) is 15.3 Å². The van der Waals surface area contributed by atoms with Gasteiger partial charge in [-0.2, -0.15) is 0 Å². The van der Waals surface area contributed by atoms with Gasteiger partial charge in [0, 0.05) is 24.3 Å². The van der Waals surface area contributed by atoms with Gasteiger partial charge in [-0.15, -0.1) is 23.7 Å². The monoisotopic (exact) mass is 418 g/mol. The first kappa shape index (κ1) is 20.8. The summed E-state index contributed by atoms with van der Waals surface area (Å²) in [5.41, 5.74) is 1.47. The Labute approximate surface area is 176 Å². The second kappa shape index (κ2) is 9.07. The highest BCUT2D eigenvalue weighted by atomic mass is 35.5. The predicted molar refractivity (Wildman–Crippen MR) is 119 cm³/mol. The van der Waals surface area contributed by atoms with Gasteiger partial charge in [0.15, 0.2) is 11.6 Å². The van der Waals surface area contributed by atoms with Gasteiger partial charge in [0.05, 0.1) is 18.8 Å². The third kappa shape index (κ3) is 4.09. The Kier molecular flexibility index (Phi) is 6.75. The van der Waals surface area contributed by atoms with E-state index in [0.717, 1.165) is 50.5 Å². The van der Waals surface area contributed by atoms with Crippen LogP contribution in [0.15, 0.2) is 42.2 Å². The molecule has 1 unspecified atom stereocenters. The number of benzene rings is 1. The predicted octanol–water partition coefficient (Wildman–Crippen LogP) is 4.31. The third-order valence-corrected chi connectivity index (χ3v) is 6.54. The molecule has 0 spiro atoms. The molecule has 2 aromatic heterocycles. The van der Waals surface area contributed by atoms with E-state index < -0.39 is 0 Å². The number of ether oxygens (including phenoxy) is 1. The maximum atomic E-state index is 5.52. The summed E-state index contributed by atoms with van der Waals surface area (Å²) in [5.74, 6) is 1.65. The van der Waals surface area contributed by atoms with Crippen LogP contribution in [0.5, 0.6) is 5.75 Å². The summed E-state index contributed by atoms with van der Waals surface area (Å²) in [7, 11) is 1.68. The molecule has 0 bridgehead atoms. The minimum Gasteiger partial charge on any atom is -0.491 e. The molecule has 0 amide bonds. The number of rotatable bonds is 6. The average Bonchev–Trinajstić information content (AvgIpc) is 3.11. The topological polar surface area (TPSA) is 50.3 Å². The summed E-state index contributed by atoms with van der Waals surface area (Å²) in [5, 5.41) is 7.29. The largest absolute Gasteiger partial charge is 0.491 e. The Morgan fingerprint density at radius 1 is 1.32 bits per heavy atom. The Bertz CT molecular complexity index is 918. The van der Waals surface area contributed by atoms with E-state index >= 15 is 0 Å². The van der Waals surface area contributed by atoms with E-state index in [-0.39, 0.29) is 17.9 Å². The minimum absolute atomic E-state index is 0. The molecule has 0 aliphatic carbocycles. The Morgan fingerprint density at radius 2 is 2.18 bits per heavy atom. The van der Waals surface area contributed by atoms with Crippen molar-refractivity contribution in [2.45, 2.75) is 31.7 Å². The molecule has 5 nitrogen and oxygen atoms in total. The SMILES string of the molecule is COc1cncnc1N1CCNCC1(C)CCCc1csc2ccccc12.Cl. The van der Waals surface area contributed by atoms with Gasteiger partial charge in [0.1, 0.15) is 6.33 Å². The molecule has 1 aliphatic heterocycles. The Hall–Kier alpha value is -1.89. The number of hydrogen-bond acceptors (Lipinski definition) is 6. The van der Waals surface area contributed by atoms with Crippen molar-refractivity contribution in [3.8, 4) is 5.75 Å². The number of aryl methyl sites for hydroxylation is 1. The van der Waals surface area contributed by atoms with Gasteiger partial charge in [0.2, 0.25) is 0 Å². The number of fused-ring (bicyclic) bond motifs is 1. The zero-order valence-corrected chi connectivity index (χ0v) is 18.0. The van der Waals surface area contributed by atoms with Crippen LogP contribution in [0.2, 0.25) is 0 Å². The van der Waals surface area contributed by atoms with Crippen LogP contribution in [-0.4, -0.2) is 42.3 Å². The van der Waals surface area contributed by atoms with Crippen LogP contribution < -0.4 is 15.0 Å². The van der Waals surface area contributed by atoms with Crippen LogP contribution in [0.25, 0.3) is 10.1 Å². The van der Waals surface area contributed by atoms with Crippen molar-refractivity contribution in [3.05, 3.63) is 47.7 Å². The van der Waals surface area contributed by atoms with E-state index in [1.54, 1.807) is 19.6 Å². The molecule has 1 N–H and O–H groups in total. The molecule has 150 valence electrons. The van der Waals surface area contributed by atoms with Gasteiger partial charge in [-0.05, 0) is 48.6 Å². The fraction of sp³-hybridized carbons (Fsp3) is 0.429. The second-order valence-electron chi connectivity index (χ2n) is 7.35. The number of nitrogens with zero attached hydrogens (tertiary/aromatic N) is 3. The lowest BCUT2D eigenvalue weighted by atomic mass is 9.89. The number of halogens is 1. The van der Waals surface area contributed by atoms with Gasteiger partial charge in [-0.25, -0.2) is 9.97 Å². The number of thiophene rings is 1. The molecule has 28 heavy (non-hydrogen) atoms. The van der Waals surface area contributed by atoms with Crippen molar-refractivity contribution in [2.24, 2.45) is 0 Å². The molecule has 3 heterocycles. The lowest BCUT2D eigenvalue weighted by Crippen LogP contribution is -2.60. The van der Waals surface area contributed by atoms with E-state index in [4.69, 9.17) is 4.74 Å². The zero-order chi connectivity index (χ0) is 18.7. The molecule has 1 saturated heterocycles. The lowest BCUT2D eigenvalue weighted by molar-refractivity contribution is 0.316. The Morgan fingerprint density at radius 3 is 3.04 bits per heavy atom. The summed E-state index contributed by atoms with van der Waals surface area (Å²) in [6, 6.07) is 8.69. The molecule has 3 aromatic rings. The van der Waals surface area contributed by atoms with Gasteiger partial charge in [-0.3, -0.25) is 0 Å². The summed E-state index contributed by atoms with van der Waals surface area (Å²) in [4.78, 5) is 11.0. The molecule has 1 atom stereocenters. The third-order valence-electron chi connectivity index (χ3n) is 5.53. The smallest absolute Gasteiger partial charge is 0.179 e. The van der Waals surface area contributed by atoms with Crippen LogP contribution >= 0.6 is 23.7 Å². The van der Waals surface area contributed by atoms with Crippen molar-refractivity contribution >= 4 is 39.6 Å². The van der Waals surface area contributed by atoms with Crippen LogP contribution in [0.3, 0.4) is 0 Å². The molecule has 1 aliphatic rings. The van der Waals surface area contributed by atoms with Gasteiger partial charge >= 0.3 is 0 Å². The van der Waals surface area contributed by atoms with Gasteiger partial charge < -0.3 is 15.0 Å². The molecule has 0 radical (unpaired) electrons. The van der Waals surface area contributed by atoms with Crippen molar-refractivity contribution in [1.29, 1.82) is 0 Å². The van der Waals surface area contributed by atoms with Crippen molar-refractivity contribution in [3.63, 3.8) is 0 Å². The second-order valence-corrected chi connectivity index (χ2v) is 8.26. The van der Waals surface area contributed by atoms with Gasteiger partial charge in [0.25, 0.3) is 0 Å². The minimum atomic E-state index is 0. The van der Waals surface area contributed by atoms with E-state index in [1.807, 2.05) is 11.3 Å². The number of piperazine rings is 1. The molecule has 1 aromatic carbocycles. The standard InChI is InChI=1S/C21H26N4OS.ClH/c1-21(9-5-6-16-13-27-19-8-4-3-7-17(16)19)14-22-10-11-25(21)20-18(26-2)12-23-15-24-20;/h3-4,7-8,12-13,15,22H,5-6,9-11,14H2,1-2H3;1H. The number of anilines is 1. The Balaban J connectivity index is 0.00000225. The number of nitrogens with one attached hydrogen (secondary N) is 1. The van der Waals surface area contributed by atoms with Crippen LogP contribution in [0.4, 0.5) is 5.82 Å². The first-order chi connectivity index (χ1) is 13.2. The van der Waals surface area contributed by atoms with E-state index in [9.17, 15) is 0 Å². The highest BCUT2D eigenvalue weighted by Crippen LogP contribution is 2.34. The molecule has 1 fully saturated rings. The fourth-order valence-corrected chi connectivity index (χ4v) is 5.04. The van der Waals surface area contributed by atoms with Crippen molar-refractivity contribution in [2.75, 3.05) is 31.6 Å². The fourth-order valence-electron chi connectivity index (χ4n) is 4.04. The molecule has 4 rings (SSSR count).